The molecule has 31 heavy (non-hydrogen) atoms. The van der Waals surface area contributed by atoms with E-state index in [-0.39, 0.29) is 11.8 Å². The maximum absolute atomic E-state index is 12.3. The number of anilines is 1. The fourth-order valence-electron chi connectivity index (χ4n) is 3.35. The second-order valence-corrected chi connectivity index (χ2v) is 7.28. The van der Waals surface area contributed by atoms with Crippen molar-refractivity contribution >= 4 is 22.6 Å². The number of hydrogen-bond acceptors (Lipinski definition) is 6. The number of alkyl halides is 3. The minimum absolute atomic E-state index is 0.0602. The van der Waals surface area contributed by atoms with Crippen LogP contribution in [0.15, 0.2) is 30.7 Å². The molecule has 0 aromatic carbocycles. The van der Waals surface area contributed by atoms with Crippen molar-refractivity contribution in [3.05, 3.63) is 41.9 Å². The Hall–Kier alpha value is -3.21. The molecule has 164 valence electrons. The third-order valence-electron chi connectivity index (χ3n) is 4.75. The van der Waals surface area contributed by atoms with Crippen molar-refractivity contribution in [3.8, 4) is 5.88 Å². The second-order valence-electron chi connectivity index (χ2n) is 7.28. The molecule has 0 saturated carbocycles. The number of hydrogen-bond donors (Lipinski definition) is 1. The van der Waals surface area contributed by atoms with Gasteiger partial charge >= 0.3 is 6.18 Å². The van der Waals surface area contributed by atoms with Crippen LogP contribution in [0.2, 0.25) is 0 Å². The molecule has 3 aromatic heterocycles. The number of nitrogens with zero attached hydrogens (tertiary/aromatic N) is 4. The fourth-order valence-corrected chi connectivity index (χ4v) is 3.35. The summed E-state index contributed by atoms with van der Waals surface area (Å²) in [5, 5.41) is 7.95. The third kappa shape index (κ3) is 5.10. The monoisotopic (exact) mass is 435 g/mol. The van der Waals surface area contributed by atoms with Gasteiger partial charge < -0.3 is 14.8 Å². The van der Waals surface area contributed by atoms with Gasteiger partial charge in [-0.25, -0.2) is 9.97 Å². The van der Waals surface area contributed by atoms with Gasteiger partial charge in [0.2, 0.25) is 5.88 Å². The summed E-state index contributed by atoms with van der Waals surface area (Å²) in [7, 11) is 0. The normalized spacial score (nSPS) is 16.6. The van der Waals surface area contributed by atoms with Crippen LogP contribution in [-0.2, 0) is 16.1 Å². The first-order valence-electron chi connectivity index (χ1n) is 9.68. The molecule has 1 fully saturated rings. The zero-order chi connectivity index (χ0) is 22.0. The van der Waals surface area contributed by atoms with Gasteiger partial charge in [0.25, 0.3) is 5.91 Å². The molecule has 1 atom stereocenters. The number of pyridine rings is 2. The zero-order valence-electron chi connectivity index (χ0n) is 16.6. The van der Waals surface area contributed by atoms with Crippen molar-refractivity contribution in [1.82, 2.24) is 19.7 Å². The Morgan fingerprint density at radius 1 is 1.39 bits per heavy atom. The minimum Gasteiger partial charge on any atom is -0.468 e. The molecule has 1 aliphatic rings. The summed E-state index contributed by atoms with van der Waals surface area (Å²) in [4.78, 5) is 20.6. The minimum atomic E-state index is -4.42. The predicted molar refractivity (Wildman–Crippen MR) is 105 cm³/mol. The molecule has 11 heteroatoms. The fraction of sp³-hybridized carbons (Fsp3) is 0.400. The molecular weight excluding hydrogens is 415 g/mol. The molecule has 0 bridgehead atoms. The summed E-state index contributed by atoms with van der Waals surface area (Å²) >= 11 is 0. The number of nitrogens with one attached hydrogen (secondary N) is 1. The lowest BCUT2D eigenvalue weighted by atomic mass is 10.2. The van der Waals surface area contributed by atoms with Gasteiger partial charge in [0.1, 0.15) is 11.9 Å². The lowest BCUT2D eigenvalue weighted by Gasteiger charge is -2.11. The number of ether oxygens (including phenoxy) is 2. The van der Waals surface area contributed by atoms with E-state index in [2.05, 4.69) is 20.4 Å². The predicted octanol–water partition coefficient (Wildman–Crippen LogP) is 3.24. The molecule has 1 N–H and O–H groups in total. The highest BCUT2D eigenvalue weighted by molar-refractivity contribution is 6.00. The molecule has 8 nitrogen and oxygen atoms in total. The summed E-state index contributed by atoms with van der Waals surface area (Å²) in [6.07, 6.45) is 1.38. The van der Waals surface area contributed by atoms with Crippen molar-refractivity contribution in [2.75, 3.05) is 18.5 Å². The van der Waals surface area contributed by atoms with E-state index in [0.29, 0.717) is 41.9 Å². The van der Waals surface area contributed by atoms with Crippen LogP contribution in [0, 0.1) is 6.92 Å². The van der Waals surface area contributed by atoms with E-state index in [1.807, 2.05) is 0 Å². The summed E-state index contributed by atoms with van der Waals surface area (Å²) in [6.45, 7) is 1.14. The van der Waals surface area contributed by atoms with Gasteiger partial charge in [0, 0.05) is 30.8 Å². The number of aromatic nitrogens is 4. The van der Waals surface area contributed by atoms with Crippen LogP contribution in [0.5, 0.6) is 5.88 Å². The van der Waals surface area contributed by atoms with Gasteiger partial charge in [0.05, 0.1) is 17.4 Å². The number of halogens is 3. The van der Waals surface area contributed by atoms with E-state index < -0.39 is 18.9 Å². The van der Waals surface area contributed by atoms with Crippen molar-refractivity contribution in [1.29, 1.82) is 0 Å². The Morgan fingerprint density at radius 2 is 2.23 bits per heavy atom. The molecule has 3 aromatic rings. The van der Waals surface area contributed by atoms with Gasteiger partial charge in [-0.2, -0.15) is 18.3 Å². The lowest BCUT2D eigenvalue weighted by molar-refractivity contribution is -0.154. The molecule has 4 rings (SSSR count). The summed E-state index contributed by atoms with van der Waals surface area (Å²) in [5.74, 6) is 0.101. The smallest absolute Gasteiger partial charge is 0.422 e. The molecule has 1 unspecified atom stereocenters. The standard InChI is InChI=1S/C20H20F3N5O3/c1-12-7-13(8-25-19(12)31-11-20(21,22)23)9-28-10-14-15(27-28)4-5-24-17(14)26-18(29)16-3-2-6-30-16/h4-5,7-8,10,16H,2-3,6,9,11H2,1H3,(H,24,26,29). The lowest BCUT2D eigenvalue weighted by Crippen LogP contribution is -2.27. The van der Waals surface area contributed by atoms with Crippen LogP contribution in [0.4, 0.5) is 19.0 Å². The highest BCUT2D eigenvalue weighted by Crippen LogP contribution is 2.23. The molecular formula is C20H20F3N5O3. The molecule has 1 saturated heterocycles. The van der Waals surface area contributed by atoms with E-state index in [9.17, 15) is 18.0 Å². The number of carbonyl (C=O) groups excluding carboxylic acids is 1. The van der Waals surface area contributed by atoms with E-state index >= 15 is 0 Å². The largest absolute Gasteiger partial charge is 0.468 e. The quantitative estimate of drug-likeness (QED) is 0.639. The Morgan fingerprint density at radius 3 is 2.94 bits per heavy atom. The maximum atomic E-state index is 12.3. The van der Waals surface area contributed by atoms with E-state index in [1.54, 1.807) is 36.1 Å². The molecule has 4 heterocycles. The average molecular weight is 435 g/mol. The highest BCUT2D eigenvalue weighted by Gasteiger charge is 2.29. The van der Waals surface area contributed by atoms with Crippen molar-refractivity contribution in [3.63, 3.8) is 0 Å². The van der Waals surface area contributed by atoms with Crippen LogP contribution >= 0.6 is 0 Å². The molecule has 1 amide bonds. The Kier molecular flexibility index (Phi) is 5.77. The highest BCUT2D eigenvalue weighted by atomic mass is 19.4. The molecule has 0 spiro atoms. The number of fused-ring (bicyclic) bond motifs is 1. The number of amides is 1. The van der Waals surface area contributed by atoms with Crippen molar-refractivity contribution in [2.45, 2.75) is 38.6 Å². The first-order chi connectivity index (χ1) is 14.8. The summed E-state index contributed by atoms with van der Waals surface area (Å²) in [5.41, 5.74) is 1.87. The molecule has 0 aliphatic carbocycles. The topological polar surface area (TPSA) is 91.2 Å². The Labute approximate surface area is 175 Å². The summed E-state index contributed by atoms with van der Waals surface area (Å²) in [6, 6.07) is 3.43. The van der Waals surface area contributed by atoms with Gasteiger partial charge in [0.15, 0.2) is 6.61 Å². The molecule has 0 radical (unpaired) electrons. The van der Waals surface area contributed by atoms with Crippen molar-refractivity contribution in [2.24, 2.45) is 0 Å². The Bertz CT molecular complexity index is 1090. The first kappa shape index (κ1) is 21.0. The van der Waals surface area contributed by atoms with Crippen LogP contribution in [0.1, 0.15) is 24.0 Å². The zero-order valence-corrected chi connectivity index (χ0v) is 16.6. The number of aryl methyl sites for hydroxylation is 1. The van der Waals surface area contributed by atoms with Crippen LogP contribution in [0.3, 0.4) is 0 Å². The van der Waals surface area contributed by atoms with Crippen LogP contribution < -0.4 is 10.1 Å². The number of rotatable bonds is 6. The van der Waals surface area contributed by atoms with Crippen LogP contribution in [0.25, 0.3) is 10.9 Å². The van der Waals surface area contributed by atoms with Gasteiger partial charge in [-0.1, -0.05) is 0 Å². The SMILES string of the molecule is Cc1cc(Cn2cc3c(NC(=O)C4CCCO4)nccc3n2)cnc1OCC(F)(F)F. The third-order valence-corrected chi connectivity index (χ3v) is 4.75. The van der Waals surface area contributed by atoms with Gasteiger partial charge in [-0.3, -0.25) is 9.48 Å². The van der Waals surface area contributed by atoms with Crippen molar-refractivity contribution < 1.29 is 27.4 Å². The maximum Gasteiger partial charge on any atom is 0.422 e. The Balaban J connectivity index is 1.49. The van der Waals surface area contributed by atoms with E-state index in [1.165, 1.54) is 6.20 Å². The average Bonchev–Trinajstić information content (AvgIpc) is 3.37. The number of carbonyl (C=O) groups is 1. The first-order valence-corrected chi connectivity index (χ1v) is 9.68. The van der Waals surface area contributed by atoms with E-state index in [4.69, 9.17) is 9.47 Å². The second kappa shape index (κ2) is 8.50. The molecule has 1 aliphatic heterocycles. The summed E-state index contributed by atoms with van der Waals surface area (Å²) < 4.78 is 48.8. The van der Waals surface area contributed by atoms with Gasteiger partial charge in [-0.15, -0.1) is 0 Å². The van der Waals surface area contributed by atoms with Gasteiger partial charge in [-0.05, 0) is 37.5 Å². The van der Waals surface area contributed by atoms with Crippen LogP contribution in [-0.4, -0.2) is 51.1 Å². The van der Waals surface area contributed by atoms with E-state index in [0.717, 1.165) is 12.0 Å².